The maximum absolute atomic E-state index is 13.3. The van der Waals surface area contributed by atoms with Crippen LogP contribution in [0.15, 0.2) is 18.2 Å². The normalized spacial score (nSPS) is 21.4. The number of esters is 1. The Balaban J connectivity index is 2.60. The molecule has 2 rings (SSSR count). The molecule has 0 fully saturated rings. The molecule has 0 saturated carbocycles. The van der Waals surface area contributed by atoms with Crippen molar-refractivity contribution < 1.29 is 27.8 Å². The zero-order valence-electron chi connectivity index (χ0n) is 10.4. The summed E-state index contributed by atoms with van der Waals surface area (Å²) in [5.41, 5.74) is -2.04. The van der Waals surface area contributed by atoms with E-state index in [1.54, 1.807) is 6.07 Å². The van der Waals surface area contributed by atoms with E-state index in [9.17, 15) is 18.4 Å². The largest absolute Gasteiger partial charge is 0.496 e. The minimum atomic E-state index is -3.13. The summed E-state index contributed by atoms with van der Waals surface area (Å²) in [5, 5.41) is 0. The Morgan fingerprint density at radius 3 is 2.58 bits per heavy atom. The highest BCUT2D eigenvalue weighted by molar-refractivity contribution is 6.16. The van der Waals surface area contributed by atoms with Crippen molar-refractivity contribution in [2.75, 3.05) is 14.2 Å². The summed E-state index contributed by atoms with van der Waals surface area (Å²) in [4.78, 5) is 23.9. The van der Waals surface area contributed by atoms with Crippen LogP contribution >= 0.6 is 0 Å². The molecule has 1 aliphatic rings. The number of carbonyl (C=O) groups is 2. The van der Waals surface area contributed by atoms with Gasteiger partial charge in [0, 0.05) is 17.5 Å². The lowest BCUT2D eigenvalue weighted by atomic mass is 9.84. The molecule has 6 heteroatoms. The highest BCUT2D eigenvalue weighted by Crippen LogP contribution is 2.45. The van der Waals surface area contributed by atoms with E-state index in [1.165, 1.54) is 19.2 Å². The van der Waals surface area contributed by atoms with Crippen LogP contribution < -0.4 is 4.74 Å². The summed E-state index contributed by atoms with van der Waals surface area (Å²) in [7, 11) is 2.36. The fraction of sp³-hybridized carbons (Fsp3) is 0.385. The van der Waals surface area contributed by atoms with Crippen LogP contribution in [0.3, 0.4) is 0 Å². The van der Waals surface area contributed by atoms with Gasteiger partial charge in [0.1, 0.15) is 5.75 Å². The molecular weight excluding hydrogens is 258 g/mol. The number of hydrogen-bond acceptors (Lipinski definition) is 4. The third-order valence-corrected chi connectivity index (χ3v) is 3.38. The van der Waals surface area contributed by atoms with Gasteiger partial charge in [-0.1, -0.05) is 12.1 Å². The smallest absolute Gasteiger partial charge is 0.326 e. The van der Waals surface area contributed by atoms with Crippen molar-refractivity contribution in [2.24, 2.45) is 5.41 Å². The fourth-order valence-electron chi connectivity index (χ4n) is 2.36. The monoisotopic (exact) mass is 270 g/mol. The molecular formula is C13H12F2O4. The first-order valence-electron chi connectivity index (χ1n) is 5.56. The number of Topliss-reactive ketones (excluding diaryl/α,β-unsaturated/α-hetero) is 1. The third kappa shape index (κ3) is 1.70. The van der Waals surface area contributed by atoms with E-state index in [1.807, 2.05) is 0 Å². The SMILES string of the molecule is COC(=O)C1(C(F)F)Cc2c(OC)cccc2C1=O. The van der Waals surface area contributed by atoms with Crippen LogP contribution in [0.2, 0.25) is 0 Å². The molecule has 0 N–H and O–H groups in total. The molecule has 1 aromatic rings. The van der Waals surface area contributed by atoms with Crippen molar-refractivity contribution in [2.45, 2.75) is 12.8 Å². The Morgan fingerprint density at radius 1 is 1.37 bits per heavy atom. The van der Waals surface area contributed by atoms with Gasteiger partial charge in [-0.15, -0.1) is 0 Å². The summed E-state index contributed by atoms with van der Waals surface area (Å²) < 4.78 is 36.1. The van der Waals surface area contributed by atoms with Gasteiger partial charge in [-0.3, -0.25) is 9.59 Å². The van der Waals surface area contributed by atoms with Gasteiger partial charge in [0.2, 0.25) is 0 Å². The maximum atomic E-state index is 13.3. The van der Waals surface area contributed by atoms with Gasteiger partial charge >= 0.3 is 5.97 Å². The average molecular weight is 270 g/mol. The second-order valence-electron chi connectivity index (χ2n) is 4.26. The van der Waals surface area contributed by atoms with Gasteiger partial charge in [-0.2, -0.15) is 0 Å². The maximum Gasteiger partial charge on any atom is 0.326 e. The zero-order chi connectivity index (χ0) is 14.2. The van der Waals surface area contributed by atoms with Crippen molar-refractivity contribution in [3.8, 4) is 5.75 Å². The van der Waals surface area contributed by atoms with E-state index >= 15 is 0 Å². The lowest BCUT2D eigenvalue weighted by Gasteiger charge is -2.22. The third-order valence-electron chi connectivity index (χ3n) is 3.38. The first-order chi connectivity index (χ1) is 8.98. The number of carbonyl (C=O) groups excluding carboxylic acids is 2. The Bertz CT molecular complexity index is 541. The Morgan fingerprint density at radius 2 is 2.05 bits per heavy atom. The van der Waals surface area contributed by atoms with Gasteiger partial charge in [0.15, 0.2) is 11.2 Å². The lowest BCUT2D eigenvalue weighted by molar-refractivity contribution is -0.157. The van der Waals surface area contributed by atoms with Gasteiger partial charge in [-0.05, 0) is 6.07 Å². The number of fused-ring (bicyclic) bond motifs is 1. The summed E-state index contributed by atoms with van der Waals surface area (Å²) in [6.45, 7) is 0. The number of rotatable bonds is 3. The quantitative estimate of drug-likeness (QED) is 0.621. The number of alkyl halides is 2. The highest BCUT2D eigenvalue weighted by atomic mass is 19.3. The second-order valence-corrected chi connectivity index (χ2v) is 4.26. The Labute approximate surface area is 108 Å². The van der Waals surface area contributed by atoms with Crippen LogP contribution in [0.5, 0.6) is 5.75 Å². The summed E-state index contributed by atoms with van der Waals surface area (Å²) in [6, 6.07) is 4.49. The van der Waals surface area contributed by atoms with E-state index in [0.717, 1.165) is 7.11 Å². The van der Waals surface area contributed by atoms with E-state index < -0.39 is 30.0 Å². The lowest BCUT2D eigenvalue weighted by Crippen LogP contribution is -2.44. The molecule has 1 aliphatic carbocycles. The highest BCUT2D eigenvalue weighted by Gasteiger charge is 2.60. The molecule has 0 bridgehead atoms. The predicted octanol–water partition coefficient (Wildman–Crippen LogP) is 1.86. The Kier molecular flexibility index (Phi) is 3.26. The molecule has 1 unspecified atom stereocenters. The number of ether oxygens (including phenoxy) is 2. The van der Waals surface area contributed by atoms with Crippen molar-refractivity contribution >= 4 is 11.8 Å². The van der Waals surface area contributed by atoms with Gasteiger partial charge in [0.05, 0.1) is 14.2 Å². The van der Waals surface area contributed by atoms with Crippen molar-refractivity contribution in [1.82, 2.24) is 0 Å². The Hall–Kier alpha value is -1.98. The van der Waals surface area contributed by atoms with E-state index in [4.69, 9.17) is 4.74 Å². The predicted molar refractivity (Wildman–Crippen MR) is 61.5 cm³/mol. The molecule has 102 valence electrons. The van der Waals surface area contributed by atoms with Crippen molar-refractivity contribution in [1.29, 1.82) is 0 Å². The number of benzene rings is 1. The van der Waals surface area contributed by atoms with E-state index in [-0.39, 0.29) is 5.56 Å². The van der Waals surface area contributed by atoms with Crippen LogP contribution in [0, 0.1) is 5.41 Å². The second kappa shape index (κ2) is 4.60. The molecule has 4 nitrogen and oxygen atoms in total. The summed E-state index contributed by atoms with van der Waals surface area (Å²) in [6.07, 6.45) is -3.54. The van der Waals surface area contributed by atoms with E-state index in [2.05, 4.69) is 4.74 Å². The number of halogens is 2. The first kappa shape index (κ1) is 13.5. The van der Waals surface area contributed by atoms with Crippen LogP contribution in [-0.4, -0.2) is 32.4 Å². The minimum Gasteiger partial charge on any atom is -0.496 e. The number of hydrogen-bond donors (Lipinski definition) is 0. The average Bonchev–Trinajstić information content (AvgIpc) is 2.72. The molecule has 19 heavy (non-hydrogen) atoms. The molecule has 0 aliphatic heterocycles. The minimum absolute atomic E-state index is 0.0880. The molecule has 0 heterocycles. The molecule has 0 amide bonds. The topological polar surface area (TPSA) is 52.6 Å². The van der Waals surface area contributed by atoms with Crippen LogP contribution in [-0.2, 0) is 16.0 Å². The summed E-state index contributed by atoms with van der Waals surface area (Å²) in [5.74, 6) is -1.81. The van der Waals surface area contributed by atoms with Crippen molar-refractivity contribution in [3.05, 3.63) is 29.3 Å². The van der Waals surface area contributed by atoms with Crippen LogP contribution in [0.1, 0.15) is 15.9 Å². The van der Waals surface area contributed by atoms with Gasteiger partial charge in [0.25, 0.3) is 6.43 Å². The molecule has 0 spiro atoms. The molecule has 0 aromatic heterocycles. The van der Waals surface area contributed by atoms with E-state index in [0.29, 0.717) is 11.3 Å². The molecule has 1 atom stereocenters. The molecule has 0 radical (unpaired) electrons. The fourth-order valence-corrected chi connectivity index (χ4v) is 2.36. The molecule has 1 aromatic carbocycles. The van der Waals surface area contributed by atoms with Crippen molar-refractivity contribution in [3.63, 3.8) is 0 Å². The number of methoxy groups -OCH3 is 2. The van der Waals surface area contributed by atoms with Crippen LogP contribution in [0.4, 0.5) is 8.78 Å². The van der Waals surface area contributed by atoms with Gasteiger partial charge in [-0.25, -0.2) is 8.78 Å². The standard InChI is InChI=1S/C13H12F2O4/c1-18-9-5-3-4-7-8(9)6-13(10(7)16,11(14)15)12(17)19-2/h3-5,11H,6H2,1-2H3. The van der Waals surface area contributed by atoms with Gasteiger partial charge < -0.3 is 9.47 Å². The summed E-state index contributed by atoms with van der Waals surface area (Å²) >= 11 is 0. The number of ketones is 1. The molecule has 0 saturated heterocycles. The first-order valence-corrected chi connectivity index (χ1v) is 5.56. The zero-order valence-corrected chi connectivity index (χ0v) is 10.4. The van der Waals surface area contributed by atoms with Crippen LogP contribution in [0.25, 0.3) is 0 Å².